The summed E-state index contributed by atoms with van der Waals surface area (Å²) in [6.45, 7) is 4.02. The molecule has 0 fully saturated rings. The van der Waals surface area contributed by atoms with Gasteiger partial charge in [-0.25, -0.2) is 24.3 Å². The monoisotopic (exact) mass is 419 g/mol. The summed E-state index contributed by atoms with van der Waals surface area (Å²) in [5, 5.41) is 3.20. The fourth-order valence-electron chi connectivity index (χ4n) is 3.09. The van der Waals surface area contributed by atoms with Gasteiger partial charge in [0.1, 0.15) is 17.3 Å². The number of imidazole rings is 1. The minimum absolute atomic E-state index is 0.178. The van der Waals surface area contributed by atoms with Crippen LogP contribution in [0.4, 0.5) is 16.2 Å². The number of anilines is 2. The number of hydrogen-bond acceptors (Lipinski definition) is 7. The van der Waals surface area contributed by atoms with Crippen LogP contribution >= 0.6 is 0 Å². The molecule has 1 aromatic carbocycles. The van der Waals surface area contributed by atoms with E-state index in [0.29, 0.717) is 40.2 Å². The molecule has 9 heteroatoms. The number of aromatic amines is 1. The summed E-state index contributed by atoms with van der Waals surface area (Å²) in [7, 11) is 1.53. The van der Waals surface area contributed by atoms with Crippen LogP contribution in [0.5, 0.6) is 5.75 Å². The fraction of sp³-hybridized carbons (Fsp3) is 0.182. The lowest BCUT2D eigenvalue weighted by molar-refractivity contribution is 0.415. The van der Waals surface area contributed by atoms with Crippen molar-refractivity contribution in [3.63, 3.8) is 0 Å². The van der Waals surface area contributed by atoms with E-state index in [1.54, 1.807) is 36.7 Å². The average Bonchev–Trinajstić information content (AvgIpc) is 3.20. The predicted molar refractivity (Wildman–Crippen MR) is 118 cm³/mol. The first-order valence-electron chi connectivity index (χ1n) is 9.70. The van der Waals surface area contributed by atoms with E-state index in [4.69, 9.17) is 15.5 Å². The first-order valence-corrected chi connectivity index (χ1v) is 9.70. The van der Waals surface area contributed by atoms with Gasteiger partial charge in [0, 0.05) is 29.6 Å². The van der Waals surface area contributed by atoms with Crippen molar-refractivity contribution in [2.75, 3.05) is 18.2 Å². The molecule has 3 aromatic heterocycles. The zero-order valence-corrected chi connectivity index (χ0v) is 17.3. The van der Waals surface area contributed by atoms with Crippen molar-refractivity contribution >= 4 is 11.8 Å². The zero-order valence-electron chi connectivity index (χ0n) is 17.3. The summed E-state index contributed by atoms with van der Waals surface area (Å²) in [5.41, 5.74) is 9.23. The van der Waals surface area contributed by atoms with Crippen molar-refractivity contribution in [3.8, 4) is 39.8 Å². The molecule has 4 N–H and O–H groups in total. The Morgan fingerprint density at radius 2 is 1.84 bits per heavy atom. The van der Waals surface area contributed by atoms with Gasteiger partial charge in [-0.15, -0.1) is 0 Å². The molecule has 8 nitrogen and oxygen atoms in total. The van der Waals surface area contributed by atoms with Crippen LogP contribution in [0.3, 0.4) is 0 Å². The van der Waals surface area contributed by atoms with Crippen LogP contribution in [0.15, 0.2) is 48.8 Å². The number of methoxy groups -OCH3 is 1. The van der Waals surface area contributed by atoms with Gasteiger partial charge in [-0.05, 0) is 50.2 Å². The second-order valence-electron chi connectivity index (χ2n) is 7.19. The lowest BCUT2D eigenvalue weighted by Gasteiger charge is -2.09. The molecular formula is C22H22FN7O. The van der Waals surface area contributed by atoms with E-state index in [0.717, 1.165) is 5.56 Å². The van der Waals surface area contributed by atoms with E-state index in [1.807, 2.05) is 13.8 Å². The second kappa shape index (κ2) is 8.39. The third-order valence-corrected chi connectivity index (χ3v) is 4.53. The number of halogens is 1. The minimum Gasteiger partial charge on any atom is -0.493 e. The van der Waals surface area contributed by atoms with E-state index < -0.39 is 0 Å². The Hall–Kier alpha value is -4.01. The van der Waals surface area contributed by atoms with Crippen molar-refractivity contribution in [1.29, 1.82) is 0 Å². The van der Waals surface area contributed by atoms with Gasteiger partial charge in [0.2, 0.25) is 5.95 Å². The van der Waals surface area contributed by atoms with E-state index >= 15 is 0 Å². The molecular weight excluding hydrogens is 397 g/mol. The van der Waals surface area contributed by atoms with Gasteiger partial charge in [-0.3, -0.25) is 0 Å². The Kier molecular flexibility index (Phi) is 5.48. The third kappa shape index (κ3) is 4.30. The number of benzene rings is 1. The van der Waals surface area contributed by atoms with Gasteiger partial charge in [0.25, 0.3) is 0 Å². The maximum absolute atomic E-state index is 13.4. The van der Waals surface area contributed by atoms with E-state index in [9.17, 15) is 4.39 Å². The summed E-state index contributed by atoms with van der Waals surface area (Å²) in [4.78, 5) is 21.2. The third-order valence-electron chi connectivity index (χ3n) is 4.53. The summed E-state index contributed by atoms with van der Waals surface area (Å²) in [5.74, 6) is 1.48. The smallest absolute Gasteiger partial charge is 0.223 e. The van der Waals surface area contributed by atoms with Gasteiger partial charge in [0.05, 0.1) is 18.5 Å². The van der Waals surface area contributed by atoms with Crippen LogP contribution in [-0.4, -0.2) is 38.1 Å². The maximum atomic E-state index is 13.4. The van der Waals surface area contributed by atoms with Crippen molar-refractivity contribution < 1.29 is 9.13 Å². The van der Waals surface area contributed by atoms with Crippen LogP contribution < -0.4 is 15.8 Å². The molecule has 158 valence electrons. The Morgan fingerprint density at radius 1 is 1.06 bits per heavy atom. The molecule has 3 heterocycles. The normalized spacial score (nSPS) is 11.0. The van der Waals surface area contributed by atoms with Crippen LogP contribution in [0, 0.1) is 5.82 Å². The molecule has 0 aliphatic rings. The first kappa shape index (κ1) is 20.3. The predicted octanol–water partition coefficient (Wildman–Crippen LogP) is 4.15. The maximum Gasteiger partial charge on any atom is 0.223 e. The number of nitrogens with two attached hydrogens (primary N) is 1. The molecule has 0 aliphatic carbocycles. The highest BCUT2D eigenvalue weighted by atomic mass is 19.1. The van der Waals surface area contributed by atoms with E-state index in [-0.39, 0.29) is 17.7 Å². The summed E-state index contributed by atoms with van der Waals surface area (Å²) in [6, 6.07) is 9.84. The first-order chi connectivity index (χ1) is 14.9. The molecule has 31 heavy (non-hydrogen) atoms. The SMILES string of the molecule is COc1cc(-c2nc(-c3ccc(F)cc3)[nH]c2-c2ccnc(NC(C)C)n2)cnc1N. The highest BCUT2D eigenvalue weighted by Gasteiger charge is 2.19. The van der Waals surface area contributed by atoms with Gasteiger partial charge in [-0.2, -0.15) is 0 Å². The lowest BCUT2D eigenvalue weighted by Crippen LogP contribution is -2.12. The Labute approximate surface area is 178 Å². The zero-order chi connectivity index (χ0) is 22.0. The highest BCUT2D eigenvalue weighted by Crippen LogP contribution is 2.34. The number of hydrogen-bond donors (Lipinski definition) is 3. The molecule has 0 radical (unpaired) electrons. The van der Waals surface area contributed by atoms with Gasteiger partial charge in [0.15, 0.2) is 11.6 Å². The van der Waals surface area contributed by atoms with Crippen molar-refractivity contribution in [3.05, 3.63) is 54.6 Å². The number of pyridine rings is 1. The fourth-order valence-corrected chi connectivity index (χ4v) is 3.09. The molecule has 4 aromatic rings. The Morgan fingerprint density at radius 3 is 2.55 bits per heavy atom. The molecule has 0 saturated heterocycles. The number of ether oxygens (including phenoxy) is 1. The number of H-pyrrole nitrogens is 1. The molecule has 0 spiro atoms. The summed E-state index contributed by atoms with van der Waals surface area (Å²) < 4.78 is 18.7. The van der Waals surface area contributed by atoms with Crippen LogP contribution in [0.2, 0.25) is 0 Å². The standard InChI is InChI=1S/C22H22FN7O/c1-12(2)27-22-25-9-8-16(28-22)19-18(14-10-17(31-3)20(24)26-11-14)29-21(30-19)13-4-6-15(23)7-5-13/h4-12H,1-3H3,(H2,24,26)(H,29,30)(H,25,27,28). The van der Waals surface area contributed by atoms with E-state index in [2.05, 4.69) is 25.3 Å². The summed E-state index contributed by atoms with van der Waals surface area (Å²) >= 11 is 0. The quantitative estimate of drug-likeness (QED) is 0.430. The number of nitrogens with zero attached hydrogens (tertiary/aromatic N) is 4. The number of nitrogen functional groups attached to an aromatic ring is 1. The molecule has 4 rings (SSSR count). The molecule has 0 atom stereocenters. The molecule has 0 aliphatic heterocycles. The second-order valence-corrected chi connectivity index (χ2v) is 7.19. The van der Waals surface area contributed by atoms with Gasteiger partial charge in [-0.1, -0.05) is 0 Å². The number of aromatic nitrogens is 5. The van der Waals surface area contributed by atoms with Gasteiger partial charge >= 0.3 is 0 Å². The molecule has 0 saturated carbocycles. The number of nitrogens with one attached hydrogen (secondary N) is 2. The summed E-state index contributed by atoms with van der Waals surface area (Å²) in [6.07, 6.45) is 3.30. The average molecular weight is 419 g/mol. The number of rotatable bonds is 6. The lowest BCUT2D eigenvalue weighted by atomic mass is 10.1. The van der Waals surface area contributed by atoms with Crippen LogP contribution in [-0.2, 0) is 0 Å². The largest absolute Gasteiger partial charge is 0.493 e. The Bertz CT molecular complexity index is 1200. The topological polar surface area (TPSA) is 115 Å². The molecule has 0 bridgehead atoms. The minimum atomic E-state index is -0.316. The Balaban J connectivity index is 1.88. The van der Waals surface area contributed by atoms with Crippen molar-refractivity contribution in [2.24, 2.45) is 0 Å². The highest BCUT2D eigenvalue weighted by molar-refractivity contribution is 5.80. The van der Waals surface area contributed by atoms with Crippen molar-refractivity contribution in [1.82, 2.24) is 24.9 Å². The van der Waals surface area contributed by atoms with E-state index in [1.165, 1.54) is 19.2 Å². The molecule has 0 unspecified atom stereocenters. The van der Waals surface area contributed by atoms with Gasteiger partial charge < -0.3 is 20.8 Å². The molecule has 0 amide bonds. The van der Waals surface area contributed by atoms with Crippen molar-refractivity contribution in [2.45, 2.75) is 19.9 Å². The van der Waals surface area contributed by atoms with Crippen LogP contribution in [0.25, 0.3) is 34.0 Å². The van der Waals surface area contributed by atoms with Crippen LogP contribution in [0.1, 0.15) is 13.8 Å².